The molecular weight excluding hydrogens is 458 g/mol. The topological polar surface area (TPSA) is 86.3 Å². The van der Waals surface area contributed by atoms with Crippen LogP contribution in [0.1, 0.15) is 62.5 Å². The van der Waals surface area contributed by atoms with Gasteiger partial charge >= 0.3 is 5.97 Å². The number of methoxy groups -OCH3 is 1. The van der Waals surface area contributed by atoms with Gasteiger partial charge in [0.15, 0.2) is 0 Å². The summed E-state index contributed by atoms with van der Waals surface area (Å²) in [6.45, 7) is 3.36. The molecule has 36 heavy (non-hydrogen) atoms. The second-order valence-electron chi connectivity index (χ2n) is 10.3. The summed E-state index contributed by atoms with van der Waals surface area (Å²) in [4.78, 5) is 12.2. The summed E-state index contributed by atoms with van der Waals surface area (Å²) in [6, 6.07) is 10.2. The molecule has 0 aromatic heterocycles. The molecular formula is C29H37NO6. The van der Waals surface area contributed by atoms with Crippen molar-refractivity contribution < 1.29 is 28.8 Å². The van der Waals surface area contributed by atoms with Crippen molar-refractivity contribution in [1.29, 1.82) is 0 Å². The maximum absolute atomic E-state index is 12.2. The fraction of sp³-hybridized carbons (Fsp3) is 0.552. The van der Waals surface area contributed by atoms with Gasteiger partial charge in [-0.1, -0.05) is 18.9 Å². The van der Waals surface area contributed by atoms with Gasteiger partial charge in [-0.15, -0.1) is 0 Å². The van der Waals surface area contributed by atoms with Crippen molar-refractivity contribution in [2.75, 3.05) is 25.6 Å². The molecule has 2 aliphatic carbocycles. The zero-order chi connectivity index (χ0) is 25.1. The Morgan fingerprint density at radius 1 is 1.06 bits per heavy atom. The second kappa shape index (κ2) is 10.7. The van der Waals surface area contributed by atoms with Crippen molar-refractivity contribution in [2.24, 2.45) is 0 Å². The number of carboxylic acid groups (broad SMARTS) is 1. The Morgan fingerprint density at radius 2 is 1.78 bits per heavy atom. The monoisotopic (exact) mass is 495 g/mol. The van der Waals surface area contributed by atoms with Crippen LogP contribution in [0.3, 0.4) is 0 Å². The Labute approximate surface area is 213 Å². The average molecular weight is 496 g/mol. The fourth-order valence-corrected chi connectivity index (χ4v) is 5.24. The third kappa shape index (κ3) is 5.47. The second-order valence-corrected chi connectivity index (χ2v) is 10.3. The maximum atomic E-state index is 12.2. The van der Waals surface area contributed by atoms with E-state index >= 15 is 0 Å². The molecule has 2 aromatic carbocycles. The van der Waals surface area contributed by atoms with Crippen LogP contribution < -0.4 is 14.8 Å². The Bertz CT molecular complexity index is 1080. The van der Waals surface area contributed by atoms with Gasteiger partial charge in [-0.25, -0.2) is 4.79 Å². The number of aliphatic carboxylic acids is 1. The van der Waals surface area contributed by atoms with Gasteiger partial charge < -0.3 is 29.4 Å². The van der Waals surface area contributed by atoms with E-state index in [-0.39, 0.29) is 12.2 Å². The third-order valence-corrected chi connectivity index (χ3v) is 7.68. The largest absolute Gasteiger partial charge is 0.496 e. The number of rotatable bonds is 10. The molecule has 0 spiro atoms. The molecule has 7 nitrogen and oxygen atoms in total. The molecule has 5 rings (SSSR count). The lowest BCUT2D eigenvalue weighted by Crippen LogP contribution is -2.50. The van der Waals surface area contributed by atoms with E-state index in [0.29, 0.717) is 32.7 Å². The molecule has 3 fully saturated rings. The third-order valence-electron chi connectivity index (χ3n) is 7.68. The number of nitrogens with one attached hydrogen (secondary N) is 1. The average Bonchev–Trinajstić information content (AvgIpc) is 3.54. The summed E-state index contributed by atoms with van der Waals surface area (Å²) in [5.41, 5.74) is 3.81. The van der Waals surface area contributed by atoms with E-state index in [0.717, 1.165) is 65.1 Å². The lowest BCUT2D eigenvalue weighted by atomic mass is 9.89. The van der Waals surface area contributed by atoms with Crippen LogP contribution >= 0.6 is 0 Å². The molecule has 1 saturated heterocycles. The van der Waals surface area contributed by atoms with Crippen molar-refractivity contribution in [2.45, 2.75) is 82.6 Å². The van der Waals surface area contributed by atoms with Crippen molar-refractivity contribution in [3.63, 3.8) is 0 Å². The van der Waals surface area contributed by atoms with E-state index in [1.165, 1.54) is 12.8 Å². The number of hydrogen-bond acceptors (Lipinski definition) is 6. The Kier molecular flexibility index (Phi) is 7.39. The Morgan fingerprint density at radius 3 is 2.44 bits per heavy atom. The van der Waals surface area contributed by atoms with Gasteiger partial charge in [-0.05, 0) is 73.6 Å². The number of carbonyl (C=O) groups is 1. The molecule has 0 radical (unpaired) electrons. The van der Waals surface area contributed by atoms with Crippen LogP contribution in [0, 0.1) is 6.92 Å². The zero-order valence-corrected chi connectivity index (χ0v) is 21.3. The number of carboxylic acids is 1. The van der Waals surface area contributed by atoms with E-state index in [4.69, 9.17) is 18.9 Å². The highest BCUT2D eigenvalue weighted by Gasteiger charge is 2.40. The van der Waals surface area contributed by atoms with Gasteiger partial charge in [0, 0.05) is 37.3 Å². The van der Waals surface area contributed by atoms with Crippen LogP contribution in [0.5, 0.6) is 11.5 Å². The molecule has 0 amide bonds. The lowest BCUT2D eigenvalue weighted by Gasteiger charge is -2.35. The van der Waals surface area contributed by atoms with Gasteiger partial charge in [-0.3, -0.25) is 0 Å². The van der Waals surface area contributed by atoms with E-state index in [9.17, 15) is 9.90 Å². The molecule has 194 valence electrons. The van der Waals surface area contributed by atoms with Crippen LogP contribution in [0.4, 0.5) is 5.69 Å². The molecule has 1 heterocycles. The first kappa shape index (κ1) is 24.9. The zero-order valence-electron chi connectivity index (χ0n) is 21.3. The smallest absolute Gasteiger partial charge is 0.329 e. The summed E-state index contributed by atoms with van der Waals surface area (Å²) in [6.07, 6.45) is 8.18. The fourth-order valence-electron chi connectivity index (χ4n) is 5.24. The van der Waals surface area contributed by atoms with Gasteiger partial charge in [0.25, 0.3) is 0 Å². The van der Waals surface area contributed by atoms with E-state index in [1.54, 1.807) is 7.11 Å². The standard InChI is InChI=1S/C29H37NO6/c1-19-26(33-2)16-20(17-27(19)36-24-8-9-24)25-10-7-22(15-21(25)18-35-23-5-3-4-6-23)30-29(28(31)32)11-13-34-14-12-29/h7,10,15-17,23-24,30H,3-6,8-9,11-14,18H2,1-2H3,(H,31,32). The normalized spacial score (nSPS) is 19.7. The minimum Gasteiger partial charge on any atom is -0.496 e. The van der Waals surface area contributed by atoms with Gasteiger partial charge in [0.2, 0.25) is 0 Å². The summed E-state index contributed by atoms with van der Waals surface area (Å²) < 4.78 is 23.7. The Hall–Kier alpha value is -2.77. The van der Waals surface area contributed by atoms with Gasteiger partial charge in [-0.2, -0.15) is 0 Å². The highest BCUT2D eigenvalue weighted by Crippen LogP contribution is 2.40. The van der Waals surface area contributed by atoms with Crippen molar-refractivity contribution >= 4 is 11.7 Å². The summed E-state index contributed by atoms with van der Waals surface area (Å²) in [5, 5.41) is 13.4. The molecule has 2 saturated carbocycles. The molecule has 3 aliphatic rings. The summed E-state index contributed by atoms with van der Waals surface area (Å²) in [5.74, 6) is 0.799. The summed E-state index contributed by atoms with van der Waals surface area (Å²) in [7, 11) is 1.68. The molecule has 2 aromatic rings. The van der Waals surface area contributed by atoms with Crippen molar-refractivity contribution in [3.05, 3.63) is 41.5 Å². The number of benzene rings is 2. The first-order chi connectivity index (χ1) is 17.5. The van der Waals surface area contributed by atoms with Crippen LogP contribution in [0.15, 0.2) is 30.3 Å². The first-order valence-electron chi connectivity index (χ1n) is 13.2. The van der Waals surface area contributed by atoms with E-state index < -0.39 is 11.5 Å². The molecule has 7 heteroatoms. The SMILES string of the molecule is COc1cc(-c2ccc(NC3(C(=O)O)CCOCC3)cc2COC2CCCC2)cc(OC2CC2)c1C. The van der Waals surface area contributed by atoms with Crippen molar-refractivity contribution in [3.8, 4) is 22.6 Å². The molecule has 2 N–H and O–H groups in total. The molecule has 0 atom stereocenters. The van der Waals surface area contributed by atoms with Crippen molar-refractivity contribution in [1.82, 2.24) is 0 Å². The highest BCUT2D eigenvalue weighted by atomic mass is 16.5. The molecule has 0 bridgehead atoms. The quantitative estimate of drug-likeness (QED) is 0.436. The van der Waals surface area contributed by atoms with Crippen LogP contribution in [-0.2, 0) is 20.9 Å². The minimum absolute atomic E-state index is 0.275. The minimum atomic E-state index is -1.03. The van der Waals surface area contributed by atoms with E-state index in [2.05, 4.69) is 17.4 Å². The van der Waals surface area contributed by atoms with Crippen LogP contribution in [0.25, 0.3) is 11.1 Å². The van der Waals surface area contributed by atoms with Gasteiger partial charge in [0.05, 0.1) is 25.9 Å². The lowest BCUT2D eigenvalue weighted by molar-refractivity contribution is -0.145. The predicted molar refractivity (Wildman–Crippen MR) is 138 cm³/mol. The maximum Gasteiger partial charge on any atom is 0.329 e. The molecule has 0 unspecified atom stereocenters. The Balaban J connectivity index is 1.49. The van der Waals surface area contributed by atoms with Crippen LogP contribution in [0.2, 0.25) is 0 Å². The van der Waals surface area contributed by atoms with E-state index in [1.807, 2.05) is 25.1 Å². The number of anilines is 1. The van der Waals surface area contributed by atoms with Crippen LogP contribution in [-0.4, -0.2) is 49.1 Å². The predicted octanol–water partition coefficient (Wildman–Crippen LogP) is 5.72. The van der Waals surface area contributed by atoms with Gasteiger partial charge in [0.1, 0.15) is 17.0 Å². The first-order valence-corrected chi connectivity index (χ1v) is 13.2. The summed E-state index contributed by atoms with van der Waals surface area (Å²) >= 11 is 0. The highest BCUT2D eigenvalue weighted by molar-refractivity contribution is 5.83. The number of hydrogen-bond donors (Lipinski definition) is 2. The number of ether oxygens (including phenoxy) is 4. The molecule has 1 aliphatic heterocycles.